The maximum Gasteiger partial charge on any atom is 0.229 e. The van der Waals surface area contributed by atoms with Gasteiger partial charge in [0.1, 0.15) is 11.6 Å². The Balaban J connectivity index is 1.85. The Kier molecular flexibility index (Phi) is 4.99. The Labute approximate surface area is 153 Å². The van der Waals surface area contributed by atoms with Gasteiger partial charge in [-0.15, -0.1) is 0 Å². The zero-order valence-corrected chi connectivity index (χ0v) is 15.5. The van der Waals surface area contributed by atoms with Gasteiger partial charge in [-0.1, -0.05) is 40.2 Å². The molecule has 6 heteroatoms. The number of nitrogens with zero attached hydrogens (tertiary/aromatic N) is 2. The molecular weight excluding hydrogens is 385 g/mol. The van der Waals surface area contributed by atoms with Crippen molar-refractivity contribution >= 4 is 27.7 Å². The second-order valence-corrected chi connectivity index (χ2v) is 6.71. The van der Waals surface area contributed by atoms with E-state index in [1.165, 1.54) is 12.1 Å². The molecule has 3 aromatic rings. The summed E-state index contributed by atoms with van der Waals surface area (Å²) in [5.41, 5.74) is 3.46. The van der Waals surface area contributed by atoms with Crippen molar-refractivity contribution in [1.29, 1.82) is 0 Å². The van der Waals surface area contributed by atoms with Gasteiger partial charge in [-0.05, 0) is 42.3 Å². The highest BCUT2D eigenvalue weighted by atomic mass is 79.9. The number of nitrogens with one attached hydrogen (secondary N) is 1. The number of anilines is 1. The molecule has 3 rings (SSSR count). The Hall–Kier alpha value is -2.47. The van der Waals surface area contributed by atoms with Crippen molar-refractivity contribution in [2.75, 3.05) is 5.32 Å². The van der Waals surface area contributed by atoms with Gasteiger partial charge >= 0.3 is 0 Å². The maximum atomic E-state index is 13.0. The molecule has 0 saturated carbocycles. The Bertz CT molecular complexity index is 902. The quantitative estimate of drug-likeness (QED) is 0.700. The minimum Gasteiger partial charge on any atom is -0.310 e. The van der Waals surface area contributed by atoms with Crippen LogP contribution in [0.25, 0.3) is 11.1 Å². The van der Waals surface area contributed by atoms with Crippen LogP contribution in [-0.2, 0) is 18.3 Å². The van der Waals surface area contributed by atoms with Gasteiger partial charge in [-0.2, -0.15) is 5.10 Å². The smallest absolute Gasteiger partial charge is 0.229 e. The Morgan fingerprint density at radius 2 is 1.80 bits per heavy atom. The number of amides is 1. The predicted molar refractivity (Wildman–Crippen MR) is 99.8 cm³/mol. The first-order chi connectivity index (χ1) is 11.9. The third-order valence-electron chi connectivity index (χ3n) is 3.89. The van der Waals surface area contributed by atoms with E-state index in [4.69, 9.17) is 0 Å². The second kappa shape index (κ2) is 7.19. The summed E-state index contributed by atoms with van der Waals surface area (Å²) in [5, 5.41) is 7.35. The summed E-state index contributed by atoms with van der Waals surface area (Å²) in [6.07, 6.45) is 0.171. The minimum absolute atomic E-state index is 0.171. The van der Waals surface area contributed by atoms with E-state index in [0.717, 1.165) is 26.9 Å². The summed E-state index contributed by atoms with van der Waals surface area (Å²) in [6, 6.07) is 13.8. The number of benzene rings is 2. The van der Waals surface area contributed by atoms with Gasteiger partial charge in [0.15, 0.2) is 0 Å². The molecule has 4 nitrogen and oxygen atoms in total. The molecule has 0 atom stereocenters. The normalized spacial score (nSPS) is 10.7. The molecule has 0 aliphatic heterocycles. The molecule has 0 aliphatic rings. The number of carbonyl (C=O) groups is 1. The van der Waals surface area contributed by atoms with Crippen molar-refractivity contribution in [2.45, 2.75) is 13.3 Å². The second-order valence-electron chi connectivity index (χ2n) is 5.79. The lowest BCUT2D eigenvalue weighted by Crippen LogP contribution is -2.17. The number of halogens is 2. The number of hydrogen-bond acceptors (Lipinski definition) is 2. The third-order valence-corrected chi connectivity index (χ3v) is 4.42. The first-order valence-electron chi connectivity index (χ1n) is 7.78. The molecule has 0 spiro atoms. The summed E-state index contributed by atoms with van der Waals surface area (Å²) < 4.78 is 15.6. The Morgan fingerprint density at radius 3 is 2.44 bits per heavy atom. The van der Waals surface area contributed by atoms with Crippen molar-refractivity contribution < 1.29 is 9.18 Å². The van der Waals surface area contributed by atoms with Crippen LogP contribution in [-0.4, -0.2) is 15.7 Å². The van der Waals surface area contributed by atoms with Crippen molar-refractivity contribution in [3.8, 4) is 11.1 Å². The molecule has 0 radical (unpaired) electrons. The summed E-state index contributed by atoms with van der Waals surface area (Å²) in [4.78, 5) is 12.4. The highest BCUT2D eigenvalue weighted by molar-refractivity contribution is 9.10. The van der Waals surface area contributed by atoms with Crippen LogP contribution in [0, 0.1) is 12.7 Å². The standard InChI is InChI=1S/C19H17BrFN3O/c1-12-18(14-5-7-15(20)8-6-14)19(24(2)23-12)22-17(25)11-13-3-9-16(21)10-4-13/h3-10H,11H2,1-2H3,(H,22,25). The van der Waals surface area contributed by atoms with Crippen LogP contribution in [0.15, 0.2) is 53.0 Å². The van der Waals surface area contributed by atoms with Crippen LogP contribution < -0.4 is 5.32 Å². The summed E-state index contributed by atoms with van der Waals surface area (Å²) >= 11 is 3.43. The van der Waals surface area contributed by atoms with Crippen LogP contribution >= 0.6 is 15.9 Å². The molecule has 0 unspecified atom stereocenters. The van der Waals surface area contributed by atoms with E-state index in [1.807, 2.05) is 31.2 Å². The van der Waals surface area contributed by atoms with Crippen molar-refractivity contribution in [3.63, 3.8) is 0 Å². The lowest BCUT2D eigenvalue weighted by Gasteiger charge is -2.09. The number of carbonyl (C=O) groups excluding carboxylic acids is 1. The zero-order valence-electron chi connectivity index (χ0n) is 13.9. The molecular formula is C19H17BrFN3O. The van der Waals surface area contributed by atoms with E-state index in [2.05, 4.69) is 26.3 Å². The lowest BCUT2D eigenvalue weighted by molar-refractivity contribution is -0.115. The molecule has 1 aromatic heterocycles. The van der Waals surface area contributed by atoms with Gasteiger partial charge in [0, 0.05) is 17.1 Å². The van der Waals surface area contributed by atoms with Gasteiger partial charge in [0.2, 0.25) is 5.91 Å². The van der Waals surface area contributed by atoms with E-state index >= 15 is 0 Å². The zero-order chi connectivity index (χ0) is 18.0. The SMILES string of the molecule is Cc1nn(C)c(NC(=O)Cc2ccc(F)cc2)c1-c1ccc(Br)cc1. The van der Waals surface area contributed by atoms with Crippen LogP contribution in [0.4, 0.5) is 10.2 Å². The summed E-state index contributed by atoms with van der Waals surface area (Å²) in [5.74, 6) is 0.156. The average molecular weight is 402 g/mol. The first kappa shape index (κ1) is 17.4. The van der Waals surface area contributed by atoms with Crippen LogP contribution in [0.3, 0.4) is 0 Å². The van der Waals surface area contributed by atoms with Crippen LogP contribution in [0.2, 0.25) is 0 Å². The molecule has 0 fully saturated rings. The summed E-state index contributed by atoms with van der Waals surface area (Å²) in [7, 11) is 1.79. The topological polar surface area (TPSA) is 46.9 Å². The number of hydrogen-bond donors (Lipinski definition) is 1. The fourth-order valence-corrected chi connectivity index (χ4v) is 2.99. The van der Waals surface area contributed by atoms with E-state index in [1.54, 1.807) is 23.9 Å². The van der Waals surface area contributed by atoms with Gasteiger partial charge in [0.05, 0.1) is 12.1 Å². The predicted octanol–water partition coefficient (Wildman–Crippen LogP) is 4.48. The number of rotatable bonds is 4. The first-order valence-corrected chi connectivity index (χ1v) is 8.57. The van der Waals surface area contributed by atoms with Crippen LogP contribution in [0.5, 0.6) is 0 Å². The molecule has 1 amide bonds. The fraction of sp³-hybridized carbons (Fsp3) is 0.158. The van der Waals surface area contributed by atoms with Gasteiger partial charge in [-0.25, -0.2) is 4.39 Å². The highest BCUT2D eigenvalue weighted by Gasteiger charge is 2.17. The van der Waals surface area contributed by atoms with Crippen molar-refractivity contribution in [2.24, 2.45) is 7.05 Å². The Morgan fingerprint density at radius 1 is 1.16 bits per heavy atom. The van der Waals surface area contributed by atoms with E-state index in [9.17, 15) is 9.18 Å². The molecule has 1 heterocycles. The third kappa shape index (κ3) is 3.96. The molecule has 0 aliphatic carbocycles. The highest BCUT2D eigenvalue weighted by Crippen LogP contribution is 2.31. The van der Waals surface area contributed by atoms with E-state index in [-0.39, 0.29) is 18.1 Å². The maximum absolute atomic E-state index is 13.0. The van der Waals surface area contributed by atoms with E-state index in [0.29, 0.717) is 5.82 Å². The molecule has 2 aromatic carbocycles. The number of aryl methyl sites for hydroxylation is 2. The molecule has 0 bridgehead atoms. The molecule has 128 valence electrons. The van der Waals surface area contributed by atoms with Gasteiger partial charge in [-0.3, -0.25) is 9.48 Å². The number of aromatic nitrogens is 2. The monoisotopic (exact) mass is 401 g/mol. The average Bonchev–Trinajstić information content (AvgIpc) is 2.84. The van der Waals surface area contributed by atoms with Gasteiger partial charge in [0.25, 0.3) is 0 Å². The fourth-order valence-electron chi connectivity index (χ4n) is 2.73. The summed E-state index contributed by atoms with van der Waals surface area (Å²) in [6.45, 7) is 1.91. The minimum atomic E-state index is -0.316. The van der Waals surface area contributed by atoms with Crippen molar-refractivity contribution in [1.82, 2.24) is 9.78 Å². The molecule has 25 heavy (non-hydrogen) atoms. The van der Waals surface area contributed by atoms with E-state index < -0.39 is 0 Å². The molecule has 1 N–H and O–H groups in total. The lowest BCUT2D eigenvalue weighted by atomic mass is 10.1. The largest absolute Gasteiger partial charge is 0.310 e. The van der Waals surface area contributed by atoms with Crippen LogP contribution in [0.1, 0.15) is 11.3 Å². The van der Waals surface area contributed by atoms with Gasteiger partial charge < -0.3 is 5.32 Å². The molecule has 0 saturated heterocycles. The van der Waals surface area contributed by atoms with Crippen molar-refractivity contribution in [3.05, 3.63) is 70.1 Å².